The standard InChI is InChI=1S/C25H27N5O/c1-17-20(15-26-29-24(31)21-14-23(28-27-21)25(2,3)4)19-12-8-9-13-22(19)30(17)16-18-10-6-5-7-11-18/h5-15H,16H2,1-4H3,(H,27,28)(H,29,31)/b26-15-. The van der Waals surface area contributed by atoms with E-state index in [1.54, 1.807) is 12.3 Å². The van der Waals surface area contributed by atoms with Gasteiger partial charge in [-0.1, -0.05) is 69.3 Å². The minimum Gasteiger partial charge on any atom is -0.340 e. The van der Waals surface area contributed by atoms with E-state index in [9.17, 15) is 4.79 Å². The summed E-state index contributed by atoms with van der Waals surface area (Å²) >= 11 is 0. The number of H-pyrrole nitrogens is 1. The van der Waals surface area contributed by atoms with Gasteiger partial charge in [0.15, 0.2) is 5.69 Å². The van der Waals surface area contributed by atoms with Gasteiger partial charge in [0.1, 0.15) is 0 Å². The number of nitrogens with zero attached hydrogens (tertiary/aromatic N) is 3. The maximum Gasteiger partial charge on any atom is 0.291 e. The molecule has 0 atom stereocenters. The number of rotatable bonds is 5. The van der Waals surface area contributed by atoms with E-state index >= 15 is 0 Å². The predicted molar refractivity (Wildman–Crippen MR) is 125 cm³/mol. The third-order valence-electron chi connectivity index (χ3n) is 5.44. The molecule has 31 heavy (non-hydrogen) atoms. The number of para-hydroxylation sites is 1. The molecule has 0 unspecified atom stereocenters. The van der Waals surface area contributed by atoms with Crippen molar-refractivity contribution in [1.82, 2.24) is 20.2 Å². The molecule has 4 aromatic rings. The van der Waals surface area contributed by atoms with Crippen LogP contribution >= 0.6 is 0 Å². The van der Waals surface area contributed by atoms with Crippen molar-refractivity contribution in [1.29, 1.82) is 0 Å². The zero-order valence-electron chi connectivity index (χ0n) is 18.3. The van der Waals surface area contributed by atoms with Gasteiger partial charge in [-0.15, -0.1) is 0 Å². The molecule has 0 radical (unpaired) electrons. The molecule has 1 amide bonds. The van der Waals surface area contributed by atoms with Gasteiger partial charge in [0.05, 0.1) is 6.21 Å². The molecule has 6 heteroatoms. The predicted octanol–water partition coefficient (Wildman–Crippen LogP) is 4.78. The van der Waals surface area contributed by atoms with Gasteiger partial charge in [-0.25, -0.2) is 5.43 Å². The van der Waals surface area contributed by atoms with Crippen LogP contribution in [0, 0.1) is 6.92 Å². The van der Waals surface area contributed by atoms with Crippen LogP contribution in [0.3, 0.4) is 0 Å². The van der Waals surface area contributed by atoms with Crippen LogP contribution < -0.4 is 5.43 Å². The smallest absolute Gasteiger partial charge is 0.291 e. The Morgan fingerprint density at radius 2 is 1.84 bits per heavy atom. The summed E-state index contributed by atoms with van der Waals surface area (Å²) in [5.41, 5.74) is 8.18. The first kappa shape index (κ1) is 20.6. The normalized spacial score (nSPS) is 12.0. The van der Waals surface area contributed by atoms with E-state index in [0.717, 1.165) is 34.4 Å². The van der Waals surface area contributed by atoms with E-state index < -0.39 is 0 Å². The largest absolute Gasteiger partial charge is 0.340 e. The summed E-state index contributed by atoms with van der Waals surface area (Å²) in [7, 11) is 0. The van der Waals surface area contributed by atoms with Gasteiger partial charge >= 0.3 is 0 Å². The maximum absolute atomic E-state index is 12.5. The summed E-state index contributed by atoms with van der Waals surface area (Å²) in [6.45, 7) is 9.04. The van der Waals surface area contributed by atoms with Gasteiger partial charge in [0.2, 0.25) is 0 Å². The van der Waals surface area contributed by atoms with Gasteiger partial charge < -0.3 is 4.57 Å². The van der Waals surface area contributed by atoms with Gasteiger partial charge in [-0.05, 0) is 24.6 Å². The lowest BCUT2D eigenvalue weighted by Crippen LogP contribution is -2.18. The molecule has 0 bridgehead atoms. The topological polar surface area (TPSA) is 75.1 Å². The number of aromatic nitrogens is 3. The van der Waals surface area contributed by atoms with E-state index in [4.69, 9.17) is 0 Å². The van der Waals surface area contributed by atoms with Gasteiger partial charge in [-0.3, -0.25) is 9.89 Å². The van der Waals surface area contributed by atoms with Crippen LogP contribution in [-0.2, 0) is 12.0 Å². The van der Waals surface area contributed by atoms with E-state index in [0.29, 0.717) is 5.69 Å². The van der Waals surface area contributed by atoms with Gasteiger partial charge in [0, 0.05) is 39.8 Å². The number of benzene rings is 2. The Morgan fingerprint density at radius 3 is 2.55 bits per heavy atom. The number of hydrogen-bond donors (Lipinski definition) is 2. The number of hydrazone groups is 1. The van der Waals surface area contributed by atoms with Crippen LogP contribution in [0.4, 0.5) is 0 Å². The van der Waals surface area contributed by atoms with Crippen molar-refractivity contribution in [3.05, 3.63) is 88.9 Å². The monoisotopic (exact) mass is 413 g/mol. The van der Waals surface area contributed by atoms with Crippen molar-refractivity contribution < 1.29 is 4.79 Å². The lowest BCUT2D eigenvalue weighted by molar-refractivity contribution is 0.0950. The van der Waals surface area contributed by atoms with Crippen LogP contribution in [-0.4, -0.2) is 26.9 Å². The average molecular weight is 414 g/mol. The Morgan fingerprint density at radius 1 is 1.13 bits per heavy atom. The van der Waals surface area contributed by atoms with E-state index in [1.165, 1.54) is 5.56 Å². The zero-order valence-corrected chi connectivity index (χ0v) is 18.3. The molecule has 0 fully saturated rings. The molecular weight excluding hydrogens is 386 g/mol. The summed E-state index contributed by atoms with van der Waals surface area (Å²) in [5, 5.41) is 12.4. The van der Waals surface area contributed by atoms with E-state index in [-0.39, 0.29) is 11.3 Å². The summed E-state index contributed by atoms with van der Waals surface area (Å²) in [6, 6.07) is 20.4. The SMILES string of the molecule is Cc1c(/C=N\NC(=O)c2cc(C(C)(C)C)[nH]n2)c2ccccc2n1Cc1ccccc1. The van der Waals surface area contributed by atoms with E-state index in [1.807, 2.05) is 30.3 Å². The first-order chi connectivity index (χ1) is 14.8. The third-order valence-corrected chi connectivity index (χ3v) is 5.44. The molecular formula is C25H27N5O. The summed E-state index contributed by atoms with van der Waals surface area (Å²) < 4.78 is 2.27. The second-order valence-corrected chi connectivity index (χ2v) is 8.70. The first-order valence-electron chi connectivity index (χ1n) is 10.4. The third kappa shape index (κ3) is 4.28. The fourth-order valence-electron chi connectivity index (χ4n) is 3.63. The van der Waals surface area contributed by atoms with Crippen LogP contribution in [0.2, 0.25) is 0 Å². The van der Waals surface area contributed by atoms with Crippen molar-refractivity contribution in [3.63, 3.8) is 0 Å². The Balaban J connectivity index is 1.58. The van der Waals surface area contributed by atoms with E-state index in [2.05, 4.69) is 77.3 Å². The highest BCUT2D eigenvalue weighted by atomic mass is 16.2. The van der Waals surface area contributed by atoms with Crippen LogP contribution in [0.1, 0.15) is 53.8 Å². The molecule has 0 spiro atoms. The number of nitrogens with one attached hydrogen (secondary N) is 2. The maximum atomic E-state index is 12.5. The van der Waals surface area contributed by atoms with Crippen LogP contribution in [0.25, 0.3) is 10.9 Å². The van der Waals surface area contributed by atoms with Crippen molar-refractivity contribution in [2.75, 3.05) is 0 Å². The van der Waals surface area contributed by atoms with Gasteiger partial charge in [0.25, 0.3) is 5.91 Å². The average Bonchev–Trinajstić information content (AvgIpc) is 3.35. The van der Waals surface area contributed by atoms with Crippen LogP contribution in [0.5, 0.6) is 0 Å². The Kier molecular flexibility index (Phi) is 5.46. The highest BCUT2D eigenvalue weighted by Crippen LogP contribution is 2.25. The lowest BCUT2D eigenvalue weighted by atomic mass is 9.92. The number of amides is 1. The molecule has 0 saturated heterocycles. The highest BCUT2D eigenvalue weighted by molar-refractivity contribution is 6.02. The zero-order chi connectivity index (χ0) is 22.0. The number of carbonyl (C=O) groups is 1. The summed E-state index contributed by atoms with van der Waals surface area (Å²) in [6.07, 6.45) is 1.72. The molecule has 6 nitrogen and oxygen atoms in total. The quantitative estimate of drug-likeness (QED) is 0.365. The van der Waals surface area contributed by atoms with Crippen LogP contribution in [0.15, 0.2) is 65.8 Å². The Hall–Kier alpha value is -3.67. The molecule has 2 heterocycles. The number of carbonyl (C=O) groups excluding carboxylic acids is 1. The second-order valence-electron chi connectivity index (χ2n) is 8.70. The minimum atomic E-state index is -0.339. The fraction of sp³-hybridized carbons (Fsp3) is 0.240. The number of fused-ring (bicyclic) bond motifs is 1. The minimum absolute atomic E-state index is 0.105. The number of hydrogen-bond acceptors (Lipinski definition) is 3. The molecule has 0 saturated carbocycles. The molecule has 0 aliphatic carbocycles. The summed E-state index contributed by atoms with van der Waals surface area (Å²) in [4.78, 5) is 12.5. The molecule has 158 valence electrons. The summed E-state index contributed by atoms with van der Waals surface area (Å²) in [5.74, 6) is -0.339. The second kappa shape index (κ2) is 8.22. The van der Waals surface area contributed by atoms with Crippen molar-refractivity contribution in [3.8, 4) is 0 Å². The highest BCUT2D eigenvalue weighted by Gasteiger charge is 2.19. The molecule has 2 aromatic carbocycles. The van der Waals surface area contributed by atoms with Crippen molar-refractivity contribution >= 4 is 23.0 Å². The first-order valence-corrected chi connectivity index (χ1v) is 10.4. The van der Waals surface area contributed by atoms with Crippen molar-refractivity contribution in [2.45, 2.75) is 39.7 Å². The lowest BCUT2D eigenvalue weighted by Gasteiger charge is -2.14. The molecule has 2 aromatic heterocycles. The van der Waals surface area contributed by atoms with Gasteiger partial charge in [-0.2, -0.15) is 10.2 Å². The molecule has 2 N–H and O–H groups in total. The molecule has 0 aliphatic heterocycles. The number of aromatic amines is 1. The van der Waals surface area contributed by atoms with Crippen molar-refractivity contribution in [2.24, 2.45) is 5.10 Å². The Labute approximate surface area is 182 Å². The fourth-order valence-corrected chi connectivity index (χ4v) is 3.63. The molecule has 0 aliphatic rings. The molecule has 4 rings (SSSR count). The Bertz CT molecular complexity index is 1240.